The molecule has 1 aromatic rings. The molecule has 0 amide bonds. The van der Waals surface area contributed by atoms with Gasteiger partial charge < -0.3 is 4.74 Å². The minimum atomic E-state index is -0.617. The highest BCUT2D eigenvalue weighted by Crippen LogP contribution is 2.20. The molecule has 0 aromatic heterocycles. The molecule has 3 nitrogen and oxygen atoms in total. The van der Waals surface area contributed by atoms with Crippen LogP contribution in [-0.2, 0) is 9.53 Å². The summed E-state index contributed by atoms with van der Waals surface area (Å²) in [6.07, 6.45) is 0.583. The summed E-state index contributed by atoms with van der Waals surface area (Å²) < 4.78 is 30.7. The minimum absolute atomic E-state index is 0.00811. The van der Waals surface area contributed by atoms with E-state index in [1.165, 1.54) is 19.2 Å². The number of hydrogen-bond donors (Lipinski definition) is 1. The molecule has 17 heavy (non-hydrogen) atoms. The lowest BCUT2D eigenvalue weighted by atomic mass is 10.0. The first-order chi connectivity index (χ1) is 8.08. The van der Waals surface area contributed by atoms with Gasteiger partial charge in [0, 0.05) is 17.7 Å². The van der Waals surface area contributed by atoms with Crippen LogP contribution in [0.2, 0.25) is 0 Å². The van der Waals surface area contributed by atoms with Crippen molar-refractivity contribution in [2.45, 2.75) is 19.4 Å². The van der Waals surface area contributed by atoms with Gasteiger partial charge in [0.15, 0.2) is 0 Å². The van der Waals surface area contributed by atoms with E-state index in [4.69, 9.17) is 0 Å². The van der Waals surface area contributed by atoms with Crippen molar-refractivity contribution in [3.05, 3.63) is 35.4 Å². The van der Waals surface area contributed by atoms with Crippen LogP contribution in [0.25, 0.3) is 0 Å². The number of methoxy groups -OCH3 is 1. The fraction of sp³-hybridized carbons (Fsp3) is 0.417. The molecule has 0 saturated heterocycles. The van der Waals surface area contributed by atoms with Crippen molar-refractivity contribution in [2.24, 2.45) is 0 Å². The van der Waals surface area contributed by atoms with Gasteiger partial charge in [0.25, 0.3) is 0 Å². The number of halogens is 2. The van der Waals surface area contributed by atoms with E-state index in [-0.39, 0.29) is 12.6 Å². The second kappa shape index (κ2) is 6.30. The third kappa shape index (κ3) is 3.78. The van der Waals surface area contributed by atoms with Crippen molar-refractivity contribution in [2.75, 3.05) is 13.7 Å². The molecule has 1 aromatic carbocycles. The Balaban J connectivity index is 2.75. The van der Waals surface area contributed by atoms with E-state index in [9.17, 15) is 13.6 Å². The lowest BCUT2D eigenvalue weighted by molar-refractivity contribution is -0.139. The molecule has 1 rings (SSSR count). The van der Waals surface area contributed by atoms with E-state index >= 15 is 0 Å². The summed E-state index contributed by atoms with van der Waals surface area (Å²) in [4.78, 5) is 11.0. The molecule has 1 N–H and O–H groups in total. The molecule has 0 unspecified atom stereocenters. The normalized spacial score (nSPS) is 12.2. The molecule has 5 heteroatoms. The molecular weight excluding hydrogens is 228 g/mol. The predicted octanol–water partition coefficient (Wildman–Crippen LogP) is 2.18. The molecule has 0 aliphatic heterocycles. The Morgan fingerprint density at radius 1 is 1.47 bits per heavy atom. The average molecular weight is 243 g/mol. The van der Waals surface area contributed by atoms with E-state index in [0.717, 1.165) is 6.07 Å². The monoisotopic (exact) mass is 243 g/mol. The summed E-state index contributed by atoms with van der Waals surface area (Å²) in [5.74, 6) is -1.66. The third-order valence-electron chi connectivity index (χ3n) is 2.47. The molecule has 94 valence electrons. The maximum Gasteiger partial charge on any atom is 0.319 e. The number of nitrogens with one attached hydrogen (secondary N) is 1. The molecule has 0 radical (unpaired) electrons. The van der Waals surface area contributed by atoms with E-state index in [1.54, 1.807) is 0 Å². The van der Waals surface area contributed by atoms with E-state index in [2.05, 4.69) is 10.1 Å². The first-order valence-electron chi connectivity index (χ1n) is 5.33. The topological polar surface area (TPSA) is 38.3 Å². The van der Waals surface area contributed by atoms with Crippen LogP contribution in [0.3, 0.4) is 0 Å². The number of carbonyl (C=O) groups is 1. The molecule has 0 heterocycles. The highest BCUT2D eigenvalue weighted by atomic mass is 19.1. The third-order valence-corrected chi connectivity index (χ3v) is 2.47. The van der Waals surface area contributed by atoms with Gasteiger partial charge in [-0.1, -0.05) is 13.0 Å². The van der Waals surface area contributed by atoms with Gasteiger partial charge in [-0.3, -0.25) is 10.1 Å². The van der Waals surface area contributed by atoms with Crippen LogP contribution in [-0.4, -0.2) is 19.6 Å². The number of benzene rings is 1. The van der Waals surface area contributed by atoms with Crippen molar-refractivity contribution in [1.29, 1.82) is 0 Å². The lowest BCUT2D eigenvalue weighted by Crippen LogP contribution is -2.28. The van der Waals surface area contributed by atoms with Crippen molar-refractivity contribution in [1.82, 2.24) is 5.32 Å². The largest absolute Gasteiger partial charge is 0.468 e. The summed E-state index contributed by atoms with van der Waals surface area (Å²) in [6, 6.07) is 3.07. The second-order valence-corrected chi connectivity index (χ2v) is 3.58. The summed E-state index contributed by atoms with van der Waals surface area (Å²) in [6.45, 7) is 1.84. The highest BCUT2D eigenvalue weighted by Gasteiger charge is 2.15. The number of carbonyl (C=O) groups excluding carboxylic acids is 1. The molecule has 0 spiro atoms. The Morgan fingerprint density at radius 3 is 2.71 bits per heavy atom. The number of esters is 1. The lowest BCUT2D eigenvalue weighted by Gasteiger charge is -2.17. The fourth-order valence-corrected chi connectivity index (χ4v) is 1.54. The first-order valence-corrected chi connectivity index (χ1v) is 5.33. The summed E-state index contributed by atoms with van der Waals surface area (Å²) in [5.41, 5.74) is 0.345. The highest BCUT2D eigenvalue weighted by molar-refractivity contribution is 5.71. The van der Waals surface area contributed by atoms with Crippen molar-refractivity contribution >= 4 is 5.97 Å². The summed E-state index contributed by atoms with van der Waals surface area (Å²) >= 11 is 0. The van der Waals surface area contributed by atoms with Crippen LogP contribution in [0.1, 0.15) is 24.9 Å². The van der Waals surface area contributed by atoms with Crippen molar-refractivity contribution < 1.29 is 18.3 Å². The second-order valence-electron chi connectivity index (χ2n) is 3.58. The van der Waals surface area contributed by atoms with Gasteiger partial charge in [0.2, 0.25) is 0 Å². The van der Waals surface area contributed by atoms with Gasteiger partial charge in [-0.25, -0.2) is 8.78 Å². The summed E-state index contributed by atoms with van der Waals surface area (Å²) in [7, 11) is 1.28. The smallest absolute Gasteiger partial charge is 0.319 e. The summed E-state index contributed by atoms with van der Waals surface area (Å²) in [5, 5.41) is 2.86. The van der Waals surface area contributed by atoms with Crippen molar-refractivity contribution in [3.8, 4) is 0 Å². The van der Waals surface area contributed by atoms with Crippen LogP contribution in [0.15, 0.2) is 18.2 Å². The molecule has 0 aliphatic carbocycles. The number of ether oxygens (including phenoxy) is 1. The standard InChI is InChI=1S/C12H15F2NO2/c1-3-11(15-7-12(16)17-2)9-5-4-8(13)6-10(9)14/h4-6,11,15H,3,7H2,1-2H3/t11-/m1/s1. The van der Waals surface area contributed by atoms with Gasteiger partial charge in [-0.2, -0.15) is 0 Å². The number of hydrogen-bond acceptors (Lipinski definition) is 3. The van der Waals surface area contributed by atoms with E-state index in [1.807, 2.05) is 6.92 Å². The Morgan fingerprint density at radius 2 is 2.18 bits per heavy atom. The molecule has 0 fully saturated rings. The minimum Gasteiger partial charge on any atom is -0.468 e. The Hall–Kier alpha value is -1.49. The van der Waals surface area contributed by atoms with Gasteiger partial charge in [-0.05, 0) is 12.5 Å². The maximum atomic E-state index is 13.5. The quantitative estimate of drug-likeness (QED) is 0.805. The molecular formula is C12H15F2NO2. The fourth-order valence-electron chi connectivity index (χ4n) is 1.54. The number of rotatable bonds is 5. The predicted molar refractivity (Wildman–Crippen MR) is 59.4 cm³/mol. The van der Waals surface area contributed by atoms with Gasteiger partial charge in [0.1, 0.15) is 11.6 Å². The Bertz CT molecular complexity index is 396. The van der Waals surface area contributed by atoms with Crippen LogP contribution in [0.4, 0.5) is 8.78 Å². The Kier molecular flexibility index (Phi) is 5.03. The van der Waals surface area contributed by atoms with Gasteiger partial charge in [0.05, 0.1) is 13.7 Å². The SMILES string of the molecule is CC[C@@H](NCC(=O)OC)c1ccc(F)cc1F. The average Bonchev–Trinajstić information content (AvgIpc) is 2.31. The Labute approximate surface area is 98.8 Å². The zero-order valence-corrected chi connectivity index (χ0v) is 9.80. The first kappa shape index (κ1) is 13.6. The van der Waals surface area contributed by atoms with E-state index < -0.39 is 17.6 Å². The van der Waals surface area contributed by atoms with Gasteiger partial charge in [-0.15, -0.1) is 0 Å². The molecule has 0 saturated carbocycles. The van der Waals surface area contributed by atoms with Crippen LogP contribution >= 0.6 is 0 Å². The molecule has 0 aliphatic rings. The molecule has 1 atom stereocenters. The van der Waals surface area contributed by atoms with Crippen molar-refractivity contribution in [3.63, 3.8) is 0 Å². The van der Waals surface area contributed by atoms with Gasteiger partial charge >= 0.3 is 5.97 Å². The van der Waals surface area contributed by atoms with E-state index in [0.29, 0.717) is 12.0 Å². The van der Waals surface area contributed by atoms with Crippen LogP contribution < -0.4 is 5.32 Å². The molecule has 0 bridgehead atoms. The zero-order valence-electron chi connectivity index (χ0n) is 9.80. The van der Waals surface area contributed by atoms with Crippen LogP contribution in [0, 0.1) is 11.6 Å². The zero-order chi connectivity index (χ0) is 12.8. The maximum absolute atomic E-state index is 13.5. The van der Waals surface area contributed by atoms with Crippen LogP contribution in [0.5, 0.6) is 0 Å².